The van der Waals surface area contributed by atoms with E-state index in [-0.39, 0.29) is 6.04 Å². The number of rotatable bonds is 5. The van der Waals surface area contributed by atoms with Crippen molar-refractivity contribution in [3.8, 4) is 5.75 Å². The molecule has 2 aromatic rings. The van der Waals surface area contributed by atoms with Crippen molar-refractivity contribution in [1.82, 2.24) is 5.32 Å². The number of halogens is 1. The Labute approximate surface area is 119 Å². The van der Waals surface area contributed by atoms with Gasteiger partial charge >= 0.3 is 0 Å². The van der Waals surface area contributed by atoms with Crippen LogP contribution in [0.2, 0.25) is 5.02 Å². The highest BCUT2D eigenvalue weighted by molar-refractivity contribution is 6.31. The fourth-order valence-corrected chi connectivity index (χ4v) is 2.44. The highest BCUT2D eigenvalue weighted by atomic mass is 35.5. The van der Waals surface area contributed by atoms with Crippen LogP contribution >= 0.6 is 11.6 Å². The van der Waals surface area contributed by atoms with Gasteiger partial charge in [-0.15, -0.1) is 0 Å². The van der Waals surface area contributed by atoms with Gasteiger partial charge in [-0.05, 0) is 36.7 Å². The Morgan fingerprint density at radius 3 is 2.47 bits per heavy atom. The molecule has 0 bridgehead atoms. The number of hydrogen-bond donors (Lipinski definition) is 1. The normalized spacial score (nSPS) is 12.2. The van der Waals surface area contributed by atoms with Gasteiger partial charge in [-0.25, -0.2) is 0 Å². The minimum atomic E-state index is 0.195. The van der Waals surface area contributed by atoms with E-state index in [4.69, 9.17) is 16.3 Å². The summed E-state index contributed by atoms with van der Waals surface area (Å²) in [6.07, 6.45) is 0.906. The van der Waals surface area contributed by atoms with E-state index in [1.54, 1.807) is 7.11 Å². The standard InChI is InChI=1S/C16H18ClNO/c1-18-16(10-12-6-4-3-5-7-12)14-9-8-13(19-2)11-15(14)17/h3-9,11,16,18H,10H2,1-2H3. The molecule has 2 nitrogen and oxygen atoms in total. The van der Waals surface area contributed by atoms with Crippen molar-refractivity contribution >= 4 is 11.6 Å². The third-order valence-electron chi connectivity index (χ3n) is 3.21. The van der Waals surface area contributed by atoms with Crippen LogP contribution in [-0.4, -0.2) is 14.2 Å². The van der Waals surface area contributed by atoms with E-state index in [9.17, 15) is 0 Å². The Bertz CT molecular complexity index is 528. The molecule has 19 heavy (non-hydrogen) atoms. The van der Waals surface area contributed by atoms with Crippen LogP contribution in [0.5, 0.6) is 5.75 Å². The van der Waals surface area contributed by atoms with Gasteiger partial charge in [0.1, 0.15) is 5.75 Å². The van der Waals surface area contributed by atoms with Crippen molar-refractivity contribution in [2.24, 2.45) is 0 Å². The molecule has 0 radical (unpaired) electrons. The Kier molecular flexibility index (Phi) is 4.83. The molecule has 0 amide bonds. The van der Waals surface area contributed by atoms with Crippen LogP contribution in [0.4, 0.5) is 0 Å². The maximum Gasteiger partial charge on any atom is 0.120 e. The molecule has 0 fully saturated rings. The summed E-state index contributed by atoms with van der Waals surface area (Å²) in [7, 11) is 3.60. The van der Waals surface area contributed by atoms with Crippen LogP contribution in [0, 0.1) is 0 Å². The van der Waals surface area contributed by atoms with Crippen LogP contribution in [-0.2, 0) is 6.42 Å². The molecule has 100 valence electrons. The highest BCUT2D eigenvalue weighted by Crippen LogP contribution is 2.29. The summed E-state index contributed by atoms with van der Waals surface area (Å²) in [6, 6.07) is 16.4. The lowest BCUT2D eigenvalue weighted by atomic mass is 9.99. The van der Waals surface area contributed by atoms with Crippen molar-refractivity contribution in [2.45, 2.75) is 12.5 Å². The number of likely N-dealkylation sites (N-methyl/N-ethyl adjacent to an activating group) is 1. The Morgan fingerprint density at radius 2 is 1.89 bits per heavy atom. The molecule has 2 rings (SSSR count). The molecule has 0 aromatic heterocycles. The predicted molar refractivity (Wildman–Crippen MR) is 80.0 cm³/mol. The third-order valence-corrected chi connectivity index (χ3v) is 3.54. The van der Waals surface area contributed by atoms with Gasteiger partial charge in [0.15, 0.2) is 0 Å². The van der Waals surface area contributed by atoms with Gasteiger partial charge in [0, 0.05) is 11.1 Å². The van der Waals surface area contributed by atoms with Crippen molar-refractivity contribution in [3.05, 3.63) is 64.7 Å². The number of benzene rings is 2. The number of ether oxygens (including phenoxy) is 1. The molecule has 1 N–H and O–H groups in total. The largest absolute Gasteiger partial charge is 0.497 e. The first kappa shape index (κ1) is 13.9. The van der Waals surface area contributed by atoms with Crippen LogP contribution in [0.3, 0.4) is 0 Å². The summed E-state index contributed by atoms with van der Waals surface area (Å²) in [6.45, 7) is 0. The lowest BCUT2D eigenvalue weighted by Gasteiger charge is -2.18. The smallest absolute Gasteiger partial charge is 0.120 e. The minimum absolute atomic E-state index is 0.195. The quantitative estimate of drug-likeness (QED) is 0.895. The van der Waals surface area contributed by atoms with Crippen molar-refractivity contribution in [2.75, 3.05) is 14.2 Å². The van der Waals surface area contributed by atoms with E-state index in [1.807, 2.05) is 31.3 Å². The average molecular weight is 276 g/mol. The van der Waals surface area contributed by atoms with E-state index in [2.05, 4.69) is 29.6 Å². The number of methoxy groups -OCH3 is 1. The molecule has 3 heteroatoms. The fourth-order valence-electron chi connectivity index (χ4n) is 2.13. The van der Waals surface area contributed by atoms with E-state index in [1.165, 1.54) is 5.56 Å². The van der Waals surface area contributed by atoms with E-state index in [0.717, 1.165) is 22.8 Å². The second-order valence-corrected chi connectivity index (χ2v) is 4.83. The van der Waals surface area contributed by atoms with Gasteiger partial charge in [0.2, 0.25) is 0 Å². The van der Waals surface area contributed by atoms with Crippen molar-refractivity contribution in [1.29, 1.82) is 0 Å². The molecule has 0 aliphatic rings. The Balaban J connectivity index is 2.22. The number of nitrogens with one attached hydrogen (secondary N) is 1. The summed E-state index contributed by atoms with van der Waals surface area (Å²) in [4.78, 5) is 0. The lowest BCUT2D eigenvalue weighted by molar-refractivity contribution is 0.414. The fraction of sp³-hybridized carbons (Fsp3) is 0.250. The molecule has 0 saturated heterocycles. The zero-order chi connectivity index (χ0) is 13.7. The summed E-state index contributed by atoms with van der Waals surface area (Å²) in [5.74, 6) is 0.781. The van der Waals surface area contributed by atoms with Gasteiger partial charge in [-0.2, -0.15) is 0 Å². The van der Waals surface area contributed by atoms with Crippen LogP contribution in [0.15, 0.2) is 48.5 Å². The van der Waals surface area contributed by atoms with Crippen molar-refractivity contribution in [3.63, 3.8) is 0 Å². The van der Waals surface area contributed by atoms with Crippen LogP contribution in [0.1, 0.15) is 17.2 Å². The molecule has 0 spiro atoms. The molecule has 0 heterocycles. The lowest BCUT2D eigenvalue weighted by Crippen LogP contribution is -2.19. The first-order valence-corrected chi connectivity index (χ1v) is 6.67. The summed E-state index contributed by atoms with van der Waals surface area (Å²) in [5.41, 5.74) is 2.38. The van der Waals surface area contributed by atoms with Gasteiger partial charge in [-0.1, -0.05) is 48.0 Å². The van der Waals surface area contributed by atoms with Gasteiger partial charge in [-0.3, -0.25) is 0 Å². The predicted octanol–water partition coefficient (Wildman–Crippen LogP) is 3.85. The highest BCUT2D eigenvalue weighted by Gasteiger charge is 2.14. The second kappa shape index (κ2) is 6.60. The average Bonchev–Trinajstić information content (AvgIpc) is 2.46. The van der Waals surface area contributed by atoms with Gasteiger partial charge < -0.3 is 10.1 Å². The zero-order valence-corrected chi connectivity index (χ0v) is 11.9. The molecule has 1 unspecified atom stereocenters. The van der Waals surface area contributed by atoms with E-state index in [0.29, 0.717) is 0 Å². The van der Waals surface area contributed by atoms with Crippen molar-refractivity contribution < 1.29 is 4.74 Å². The molecule has 1 atom stereocenters. The maximum absolute atomic E-state index is 6.33. The molecule has 0 saturated carbocycles. The van der Waals surface area contributed by atoms with Gasteiger partial charge in [0.25, 0.3) is 0 Å². The molecular weight excluding hydrogens is 258 g/mol. The summed E-state index contributed by atoms with van der Waals surface area (Å²) in [5, 5.41) is 4.05. The maximum atomic E-state index is 6.33. The first-order valence-electron chi connectivity index (χ1n) is 6.29. The molecular formula is C16H18ClNO. The van der Waals surface area contributed by atoms with Crippen LogP contribution in [0.25, 0.3) is 0 Å². The monoisotopic (exact) mass is 275 g/mol. The van der Waals surface area contributed by atoms with Gasteiger partial charge in [0.05, 0.1) is 7.11 Å². The summed E-state index contributed by atoms with van der Waals surface area (Å²) < 4.78 is 5.18. The first-order chi connectivity index (χ1) is 9.24. The Morgan fingerprint density at radius 1 is 1.16 bits per heavy atom. The third kappa shape index (κ3) is 3.49. The topological polar surface area (TPSA) is 21.3 Å². The molecule has 0 aliphatic carbocycles. The van der Waals surface area contributed by atoms with E-state index < -0.39 is 0 Å². The summed E-state index contributed by atoms with van der Waals surface area (Å²) >= 11 is 6.33. The zero-order valence-electron chi connectivity index (χ0n) is 11.2. The Hall–Kier alpha value is -1.51. The SMILES string of the molecule is CNC(Cc1ccccc1)c1ccc(OC)cc1Cl. The molecule has 2 aromatic carbocycles. The number of hydrogen-bond acceptors (Lipinski definition) is 2. The van der Waals surface area contributed by atoms with Crippen LogP contribution < -0.4 is 10.1 Å². The second-order valence-electron chi connectivity index (χ2n) is 4.42. The van der Waals surface area contributed by atoms with E-state index >= 15 is 0 Å². The minimum Gasteiger partial charge on any atom is -0.497 e. The molecule has 0 aliphatic heterocycles.